The van der Waals surface area contributed by atoms with Gasteiger partial charge in [-0.15, -0.1) is 0 Å². The summed E-state index contributed by atoms with van der Waals surface area (Å²) in [6, 6.07) is 30.5. The molecule has 0 saturated heterocycles. The highest BCUT2D eigenvalue weighted by Gasteiger charge is 2.25. The van der Waals surface area contributed by atoms with Gasteiger partial charge in [0.2, 0.25) is 0 Å². The quantitative estimate of drug-likeness (QED) is 0.139. The van der Waals surface area contributed by atoms with E-state index in [1.165, 1.54) is 24.3 Å². The number of amides is 2. The van der Waals surface area contributed by atoms with Crippen molar-refractivity contribution in [2.45, 2.75) is 39.8 Å². The third-order valence-electron chi connectivity index (χ3n) is 13.3. The van der Waals surface area contributed by atoms with Gasteiger partial charge in [0, 0.05) is 84.3 Å². The first kappa shape index (κ1) is 51.4. The molecular weight excluding hydrogens is 1010 g/mol. The van der Waals surface area contributed by atoms with Crippen molar-refractivity contribution in [3.63, 3.8) is 0 Å². The highest BCUT2D eigenvalue weighted by Crippen LogP contribution is 2.34. The van der Waals surface area contributed by atoms with Crippen LogP contribution in [0.15, 0.2) is 159 Å². The molecule has 0 radical (unpaired) electrons. The molecule has 2 amide bonds. The minimum atomic E-state index is -0.515. The third kappa shape index (κ3) is 10.6. The number of carbonyl (C=O) groups is 2. The number of carbonyl (C=O) groups excluding carboxylic acids is 2. The van der Waals surface area contributed by atoms with E-state index in [9.17, 15) is 18.4 Å². The van der Waals surface area contributed by atoms with Crippen LogP contribution in [0.1, 0.15) is 91.7 Å². The molecule has 0 aliphatic heterocycles. The number of fused-ring (bicyclic) bond motifs is 4. The maximum absolute atomic E-state index is 14.3. The number of aromatic nitrogens is 12. The Morgan fingerprint density at radius 2 is 1.02 bits per heavy atom. The zero-order valence-electron chi connectivity index (χ0n) is 44.1. The van der Waals surface area contributed by atoms with Crippen molar-refractivity contribution < 1.29 is 18.4 Å². The van der Waals surface area contributed by atoms with Crippen molar-refractivity contribution >= 4 is 44.9 Å². The molecule has 4 aromatic carbocycles. The van der Waals surface area contributed by atoms with Gasteiger partial charge in [-0.3, -0.25) is 19.0 Å². The van der Waals surface area contributed by atoms with Crippen LogP contribution in [0.5, 0.6) is 0 Å². The van der Waals surface area contributed by atoms with Gasteiger partial charge in [0.25, 0.3) is 11.8 Å². The van der Waals surface area contributed by atoms with Crippen molar-refractivity contribution in [1.82, 2.24) is 69.4 Å². The first-order valence-electron chi connectivity index (χ1n) is 25.4. The van der Waals surface area contributed by atoms with E-state index in [4.69, 9.17) is 9.97 Å². The summed E-state index contributed by atoms with van der Waals surface area (Å²) in [4.78, 5) is 45.5. The van der Waals surface area contributed by atoms with Gasteiger partial charge in [0.05, 0.1) is 69.4 Å². The standard InChI is InChI=1S/2C31H24FN7O/c1-19-28(30-33-13-6-14-39(30)37-19)31(40)35-20(2)29-26(23-8-4-9-24(32)15-23)16-25-22(7-5-10-27(25)36-29)12-11-21-17-34-38(3)18-21;1-19-28(30-33-14-5-15-39(30)37-19)31(40)35-20(2)29-26(23-10-12-24(32)13-11-23)16-25-22(6-4-7-27(25)36-29)9-8-21-17-34-38(3)18-21/h4-10,13-18,20H,1-3H3,(H,35,40);4-7,10-18,20H,1-3H3,(H,35,40)/t2*20-/m00/s1. The lowest BCUT2D eigenvalue weighted by Crippen LogP contribution is -2.28. The van der Waals surface area contributed by atoms with Crippen molar-refractivity contribution in [1.29, 1.82) is 0 Å². The number of halogens is 2. The van der Waals surface area contributed by atoms with Gasteiger partial charge < -0.3 is 10.6 Å². The first-order chi connectivity index (χ1) is 38.7. The van der Waals surface area contributed by atoms with E-state index >= 15 is 0 Å². The van der Waals surface area contributed by atoms with E-state index in [-0.39, 0.29) is 23.4 Å². The molecule has 0 saturated carbocycles. The van der Waals surface area contributed by atoms with Crippen LogP contribution < -0.4 is 10.6 Å². The Morgan fingerprint density at radius 3 is 1.49 bits per heavy atom. The zero-order valence-corrected chi connectivity index (χ0v) is 44.1. The number of nitrogens with zero attached hydrogens (tertiary/aromatic N) is 12. The van der Waals surface area contributed by atoms with E-state index in [0.29, 0.717) is 61.8 Å². The van der Waals surface area contributed by atoms with E-state index in [0.717, 1.165) is 49.7 Å². The molecule has 0 fully saturated rings. The van der Waals surface area contributed by atoms with Crippen LogP contribution in [0.2, 0.25) is 0 Å². The van der Waals surface area contributed by atoms with Gasteiger partial charge in [-0.2, -0.15) is 20.4 Å². The predicted octanol–water partition coefficient (Wildman–Crippen LogP) is 10.0. The van der Waals surface area contributed by atoms with Crippen LogP contribution in [-0.4, -0.2) is 70.5 Å². The largest absolute Gasteiger partial charge is 0.344 e. The Morgan fingerprint density at radius 1 is 0.550 bits per heavy atom. The molecule has 8 aromatic heterocycles. The van der Waals surface area contributed by atoms with Gasteiger partial charge in [-0.25, -0.2) is 37.7 Å². The molecule has 16 nitrogen and oxygen atoms in total. The second-order valence-corrected chi connectivity index (χ2v) is 19.0. The molecule has 80 heavy (non-hydrogen) atoms. The lowest BCUT2D eigenvalue weighted by molar-refractivity contribution is 0.0931. The highest BCUT2D eigenvalue weighted by atomic mass is 19.1. The number of aryl methyl sites for hydroxylation is 4. The van der Waals surface area contributed by atoms with Crippen LogP contribution in [0.3, 0.4) is 0 Å². The smallest absolute Gasteiger partial charge is 0.257 e. The van der Waals surface area contributed by atoms with Crippen molar-refractivity contribution in [3.05, 3.63) is 227 Å². The maximum atomic E-state index is 14.3. The van der Waals surface area contributed by atoms with Crippen LogP contribution in [-0.2, 0) is 14.1 Å². The number of pyridine rings is 2. The van der Waals surface area contributed by atoms with Crippen molar-refractivity contribution in [2.75, 3.05) is 0 Å². The predicted molar refractivity (Wildman–Crippen MR) is 300 cm³/mol. The molecule has 12 rings (SSSR count). The molecule has 18 heteroatoms. The fraction of sp³-hybridized carbons (Fsp3) is 0.129. The van der Waals surface area contributed by atoms with E-state index < -0.39 is 12.1 Å². The molecule has 0 unspecified atom stereocenters. The van der Waals surface area contributed by atoms with Gasteiger partial charge >= 0.3 is 0 Å². The van der Waals surface area contributed by atoms with Gasteiger partial charge in [-0.1, -0.05) is 60.1 Å². The van der Waals surface area contributed by atoms with Crippen molar-refractivity contribution in [3.8, 4) is 45.9 Å². The van der Waals surface area contributed by atoms with Crippen molar-refractivity contribution in [2.24, 2.45) is 14.1 Å². The number of nitrogens with one attached hydrogen (secondary N) is 2. The average Bonchev–Trinajstić information content (AvgIpc) is 4.30. The Labute approximate surface area is 457 Å². The van der Waals surface area contributed by atoms with Crippen LogP contribution in [0, 0.1) is 49.2 Å². The summed E-state index contributed by atoms with van der Waals surface area (Å²) in [6.07, 6.45) is 13.9. The molecule has 8 heterocycles. The van der Waals surface area contributed by atoms with E-state index in [2.05, 4.69) is 64.7 Å². The monoisotopic (exact) mass is 1060 g/mol. The molecule has 2 atom stereocenters. The second-order valence-electron chi connectivity index (χ2n) is 19.0. The number of rotatable bonds is 8. The summed E-state index contributed by atoms with van der Waals surface area (Å²) in [5.41, 5.74) is 11.7. The Hall–Kier alpha value is -10.7. The fourth-order valence-corrected chi connectivity index (χ4v) is 9.50. The number of hydrogen-bond donors (Lipinski definition) is 2. The van der Waals surface area contributed by atoms with Crippen LogP contribution in [0.4, 0.5) is 8.78 Å². The SMILES string of the molecule is Cc1nn2cccnc2c1C(=O)N[C@@H](C)c1nc2cccc(C#Cc3cnn(C)c3)c2cc1-c1ccc(F)cc1.Cc1nn2cccnc2c1C(=O)N[C@@H](C)c1nc2cccc(C#Cc3cnn(C)c3)c2cc1-c1cccc(F)c1. The summed E-state index contributed by atoms with van der Waals surface area (Å²) in [5.74, 6) is 11.5. The Bertz CT molecular complexity index is 4510. The first-order valence-corrected chi connectivity index (χ1v) is 25.4. The molecule has 392 valence electrons. The second kappa shape index (κ2) is 21.7. The van der Waals surface area contributed by atoms with Gasteiger partial charge in [-0.05, 0) is 112 Å². The van der Waals surface area contributed by atoms with E-state index in [1.54, 1.807) is 99.8 Å². The van der Waals surface area contributed by atoms with Crippen LogP contribution in [0.25, 0.3) is 55.4 Å². The van der Waals surface area contributed by atoms with Gasteiger partial charge in [0.15, 0.2) is 11.3 Å². The minimum Gasteiger partial charge on any atom is -0.344 e. The molecule has 0 aliphatic rings. The summed E-state index contributed by atoms with van der Waals surface area (Å²) in [7, 11) is 3.68. The molecule has 0 bridgehead atoms. The minimum absolute atomic E-state index is 0.304. The summed E-state index contributed by atoms with van der Waals surface area (Å²) in [5, 5.41) is 25.0. The maximum Gasteiger partial charge on any atom is 0.257 e. The summed E-state index contributed by atoms with van der Waals surface area (Å²) in [6.45, 7) is 7.28. The van der Waals surface area contributed by atoms with Crippen LogP contribution >= 0.6 is 0 Å². The molecule has 12 aromatic rings. The van der Waals surface area contributed by atoms with Gasteiger partial charge in [0.1, 0.15) is 22.8 Å². The molecule has 0 spiro atoms. The summed E-state index contributed by atoms with van der Waals surface area (Å²) >= 11 is 0. The fourth-order valence-electron chi connectivity index (χ4n) is 9.50. The van der Waals surface area contributed by atoms with E-state index in [1.807, 2.05) is 94.9 Å². The molecular formula is C62H48F2N14O2. The molecule has 2 N–H and O–H groups in total. The third-order valence-corrected chi connectivity index (χ3v) is 13.3. The normalized spacial score (nSPS) is 11.8. The Balaban J connectivity index is 0.000000169. The lowest BCUT2D eigenvalue weighted by Gasteiger charge is -2.19. The Kier molecular flexibility index (Phi) is 14.0. The summed E-state index contributed by atoms with van der Waals surface area (Å²) < 4.78 is 34.7. The zero-order chi connectivity index (χ0) is 55.6. The molecule has 0 aliphatic carbocycles. The highest BCUT2D eigenvalue weighted by molar-refractivity contribution is 6.02. The average molecular weight is 1060 g/mol. The lowest BCUT2D eigenvalue weighted by atomic mass is 9.96. The topological polar surface area (TPSA) is 180 Å². The number of hydrogen-bond acceptors (Lipinski definition) is 10. The number of benzene rings is 4.